The van der Waals surface area contributed by atoms with E-state index in [2.05, 4.69) is 15.2 Å². The molecule has 7 heteroatoms. The summed E-state index contributed by atoms with van der Waals surface area (Å²) in [4.78, 5) is 4.34. The van der Waals surface area contributed by atoms with Crippen LogP contribution in [0.3, 0.4) is 0 Å². The molecule has 0 saturated carbocycles. The van der Waals surface area contributed by atoms with Crippen LogP contribution in [-0.4, -0.2) is 25.0 Å². The van der Waals surface area contributed by atoms with E-state index in [0.29, 0.717) is 23.1 Å². The third-order valence-electron chi connectivity index (χ3n) is 3.39. The number of hydrogen-bond donors (Lipinski definition) is 2. The van der Waals surface area contributed by atoms with Crippen molar-refractivity contribution in [3.05, 3.63) is 29.5 Å². The van der Waals surface area contributed by atoms with E-state index in [-0.39, 0.29) is 5.75 Å². The fraction of sp³-hybridized carbons (Fsp3) is 0.214. The molecule has 0 unspecified atom stereocenters. The van der Waals surface area contributed by atoms with Gasteiger partial charge in [0.25, 0.3) is 5.89 Å². The average molecular weight is 285 g/mol. The standard InChI is InChI=1S/C14H15N5O2/c1-7-4-9(5-8(2)11(7)20)13-17-14(21-18-13)10-6-16-19(3)12(10)15/h4-6,20H,15H2,1-3H3. The van der Waals surface area contributed by atoms with Crippen LogP contribution in [0.4, 0.5) is 5.82 Å². The van der Waals surface area contributed by atoms with Crippen LogP contribution in [0.1, 0.15) is 11.1 Å². The second kappa shape index (κ2) is 4.62. The molecule has 0 aliphatic rings. The number of nitrogens with zero attached hydrogens (tertiary/aromatic N) is 4. The number of rotatable bonds is 2. The van der Waals surface area contributed by atoms with Crippen LogP contribution in [0.2, 0.25) is 0 Å². The summed E-state index contributed by atoms with van der Waals surface area (Å²) in [6.45, 7) is 3.65. The highest BCUT2D eigenvalue weighted by atomic mass is 16.5. The zero-order chi connectivity index (χ0) is 15.1. The molecule has 7 nitrogen and oxygen atoms in total. The predicted molar refractivity (Wildman–Crippen MR) is 77.5 cm³/mol. The summed E-state index contributed by atoms with van der Waals surface area (Å²) < 4.78 is 6.79. The molecule has 0 aliphatic heterocycles. The van der Waals surface area contributed by atoms with Crippen molar-refractivity contribution in [2.24, 2.45) is 7.05 Å². The van der Waals surface area contributed by atoms with Gasteiger partial charge in [0, 0.05) is 12.6 Å². The number of hydrogen-bond acceptors (Lipinski definition) is 6. The molecule has 21 heavy (non-hydrogen) atoms. The lowest BCUT2D eigenvalue weighted by Gasteiger charge is -2.04. The van der Waals surface area contributed by atoms with Gasteiger partial charge >= 0.3 is 0 Å². The normalized spacial score (nSPS) is 11.0. The van der Waals surface area contributed by atoms with E-state index in [1.807, 2.05) is 26.0 Å². The maximum atomic E-state index is 9.81. The van der Waals surface area contributed by atoms with Crippen LogP contribution in [0, 0.1) is 13.8 Å². The highest BCUT2D eigenvalue weighted by Gasteiger charge is 2.16. The van der Waals surface area contributed by atoms with Gasteiger partial charge in [0.05, 0.1) is 6.20 Å². The summed E-state index contributed by atoms with van der Waals surface area (Å²) in [5.74, 6) is 1.50. The van der Waals surface area contributed by atoms with Crippen molar-refractivity contribution in [1.29, 1.82) is 0 Å². The van der Waals surface area contributed by atoms with E-state index in [9.17, 15) is 5.11 Å². The third-order valence-corrected chi connectivity index (χ3v) is 3.39. The Hall–Kier alpha value is -2.83. The molecule has 0 saturated heterocycles. The lowest BCUT2D eigenvalue weighted by atomic mass is 10.1. The molecular weight excluding hydrogens is 270 g/mol. The molecule has 3 N–H and O–H groups in total. The quantitative estimate of drug-likeness (QED) is 0.746. The van der Waals surface area contributed by atoms with Gasteiger partial charge in [-0.1, -0.05) is 5.16 Å². The van der Waals surface area contributed by atoms with E-state index < -0.39 is 0 Å². The van der Waals surface area contributed by atoms with Crippen molar-refractivity contribution in [1.82, 2.24) is 19.9 Å². The fourth-order valence-electron chi connectivity index (χ4n) is 2.15. The molecule has 3 aromatic rings. The van der Waals surface area contributed by atoms with Crippen LogP contribution >= 0.6 is 0 Å². The van der Waals surface area contributed by atoms with Gasteiger partial charge < -0.3 is 15.4 Å². The van der Waals surface area contributed by atoms with Crippen molar-refractivity contribution >= 4 is 5.82 Å². The number of nitrogen functional groups attached to an aromatic ring is 1. The highest BCUT2D eigenvalue weighted by Crippen LogP contribution is 2.30. The Morgan fingerprint density at radius 3 is 2.48 bits per heavy atom. The zero-order valence-electron chi connectivity index (χ0n) is 12.0. The van der Waals surface area contributed by atoms with E-state index in [0.717, 1.165) is 16.7 Å². The molecule has 1 aromatic carbocycles. The summed E-state index contributed by atoms with van der Waals surface area (Å²) in [5, 5.41) is 17.8. The number of aromatic nitrogens is 4. The van der Waals surface area contributed by atoms with Gasteiger partial charge in [0.15, 0.2) is 0 Å². The number of aromatic hydroxyl groups is 1. The molecule has 0 spiro atoms. The van der Waals surface area contributed by atoms with Crippen LogP contribution in [0.25, 0.3) is 22.8 Å². The predicted octanol–water partition coefficient (Wildman–Crippen LogP) is 2.04. The minimum absolute atomic E-state index is 0.277. The van der Waals surface area contributed by atoms with Crippen molar-refractivity contribution in [3.63, 3.8) is 0 Å². The van der Waals surface area contributed by atoms with Gasteiger partial charge in [-0.15, -0.1) is 0 Å². The van der Waals surface area contributed by atoms with Gasteiger partial charge in [-0.2, -0.15) is 10.1 Å². The Bertz CT molecular complexity index is 796. The first kappa shape index (κ1) is 13.2. The molecule has 0 amide bonds. The molecule has 0 radical (unpaired) electrons. The highest BCUT2D eigenvalue weighted by molar-refractivity contribution is 5.69. The van der Waals surface area contributed by atoms with Gasteiger partial charge in [-0.25, -0.2) is 0 Å². The maximum Gasteiger partial charge on any atom is 0.263 e. The number of phenols is 1. The minimum Gasteiger partial charge on any atom is -0.507 e. The summed E-state index contributed by atoms with van der Waals surface area (Å²) in [5.41, 5.74) is 8.79. The number of benzene rings is 1. The summed E-state index contributed by atoms with van der Waals surface area (Å²) in [7, 11) is 1.74. The summed E-state index contributed by atoms with van der Waals surface area (Å²) in [6, 6.07) is 3.62. The number of phenolic OH excluding ortho intramolecular Hbond substituents is 1. The molecule has 0 fully saturated rings. The number of nitrogens with two attached hydrogens (primary N) is 1. The molecule has 2 aromatic heterocycles. The Kier molecular flexibility index (Phi) is 2.90. The van der Waals surface area contributed by atoms with Gasteiger partial charge in [-0.3, -0.25) is 4.68 Å². The van der Waals surface area contributed by atoms with Crippen LogP contribution in [0.5, 0.6) is 5.75 Å². The van der Waals surface area contributed by atoms with E-state index in [1.165, 1.54) is 4.68 Å². The molecule has 2 heterocycles. The second-order valence-electron chi connectivity index (χ2n) is 4.95. The topological polar surface area (TPSA) is 103 Å². The van der Waals surface area contributed by atoms with Crippen molar-refractivity contribution < 1.29 is 9.63 Å². The van der Waals surface area contributed by atoms with E-state index in [1.54, 1.807) is 13.2 Å². The third kappa shape index (κ3) is 2.12. The molecular formula is C14H15N5O2. The molecule has 3 rings (SSSR count). The molecule has 0 bridgehead atoms. The van der Waals surface area contributed by atoms with Crippen molar-refractivity contribution in [3.8, 4) is 28.6 Å². The largest absolute Gasteiger partial charge is 0.507 e. The number of anilines is 1. The SMILES string of the molecule is Cc1cc(-c2noc(-c3cnn(C)c3N)n2)cc(C)c1O. The Morgan fingerprint density at radius 2 is 1.90 bits per heavy atom. The van der Waals surface area contributed by atoms with Crippen LogP contribution < -0.4 is 5.73 Å². The fourth-order valence-corrected chi connectivity index (χ4v) is 2.15. The molecule has 0 atom stereocenters. The lowest BCUT2D eigenvalue weighted by Crippen LogP contribution is -1.98. The summed E-state index contributed by atoms with van der Waals surface area (Å²) >= 11 is 0. The molecule has 108 valence electrons. The Labute approximate surface area is 121 Å². The first-order chi connectivity index (χ1) is 9.97. The van der Waals surface area contributed by atoms with Crippen LogP contribution in [-0.2, 0) is 7.05 Å². The van der Waals surface area contributed by atoms with Crippen molar-refractivity contribution in [2.45, 2.75) is 13.8 Å². The first-order valence-electron chi connectivity index (χ1n) is 6.39. The van der Waals surface area contributed by atoms with E-state index >= 15 is 0 Å². The van der Waals surface area contributed by atoms with Crippen LogP contribution in [0.15, 0.2) is 22.9 Å². The smallest absolute Gasteiger partial charge is 0.263 e. The van der Waals surface area contributed by atoms with Gasteiger partial charge in [0.2, 0.25) is 5.82 Å². The Morgan fingerprint density at radius 1 is 1.24 bits per heavy atom. The minimum atomic E-state index is 0.277. The van der Waals surface area contributed by atoms with Crippen molar-refractivity contribution in [2.75, 3.05) is 5.73 Å². The maximum absolute atomic E-state index is 9.81. The lowest BCUT2D eigenvalue weighted by molar-refractivity contribution is 0.432. The monoisotopic (exact) mass is 285 g/mol. The summed E-state index contributed by atoms with van der Waals surface area (Å²) in [6.07, 6.45) is 1.58. The first-order valence-corrected chi connectivity index (χ1v) is 6.39. The average Bonchev–Trinajstić information content (AvgIpc) is 3.04. The number of aryl methyl sites for hydroxylation is 3. The Balaban J connectivity index is 2.05. The van der Waals surface area contributed by atoms with E-state index in [4.69, 9.17) is 10.3 Å². The van der Waals surface area contributed by atoms with Gasteiger partial charge in [0.1, 0.15) is 17.1 Å². The molecule has 0 aliphatic carbocycles. The van der Waals surface area contributed by atoms with Gasteiger partial charge in [-0.05, 0) is 37.1 Å². The zero-order valence-corrected chi connectivity index (χ0v) is 12.0. The second-order valence-corrected chi connectivity index (χ2v) is 4.95.